The summed E-state index contributed by atoms with van der Waals surface area (Å²) in [7, 11) is 0. The second-order valence-electron chi connectivity index (χ2n) is 8.36. The van der Waals surface area contributed by atoms with Crippen LogP contribution in [0.4, 0.5) is 20.4 Å². The van der Waals surface area contributed by atoms with Crippen molar-refractivity contribution in [1.29, 1.82) is 0 Å². The van der Waals surface area contributed by atoms with Crippen molar-refractivity contribution in [2.24, 2.45) is 0 Å². The van der Waals surface area contributed by atoms with E-state index in [1.807, 2.05) is 0 Å². The number of aromatic nitrogens is 5. The van der Waals surface area contributed by atoms with E-state index in [0.717, 1.165) is 29.8 Å². The molecule has 182 valence electrons. The van der Waals surface area contributed by atoms with E-state index in [9.17, 15) is 18.7 Å². The van der Waals surface area contributed by atoms with Gasteiger partial charge in [-0.3, -0.25) is 19.4 Å². The molecule has 3 aromatic heterocycles. The van der Waals surface area contributed by atoms with Crippen molar-refractivity contribution in [3.8, 4) is 16.9 Å². The zero-order chi connectivity index (χ0) is 24.7. The minimum atomic E-state index is -0.889. The smallest absolute Gasteiger partial charge is 0.268 e. The SMILES string of the molecule is Cc1nc(-c2cn(-c3c(F)cccc3F)c(=O)c3c(N)n[nH]c23)cc(N2CCN(CCO)CC2)n1. The van der Waals surface area contributed by atoms with E-state index in [-0.39, 0.29) is 17.8 Å². The van der Waals surface area contributed by atoms with Gasteiger partial charge in [-0.05, 0) is 19.1 Å². The Bertz CT molecular complexity index is 1440. The number of hydrogen-bond donors (Lipinski definition) is 3. The highest BCUT2D eigenvalue weighted by Crippen LogP contribution is 2.30. The van der Waals surface area contributed by atoms with Crippen LogP contribution < -0.4 is 16.2 Å². The van der Waals surface area contributed by atoms with Crippen LogP contribution >= 0.6 is 0 Å². The number of hydrogen-bond acceptors (Lipinski definition) is 8. The van der Waals surface area contributed by atoms with Crippen molar-refractivity contribution >= 4 is 22.5 Å². The fourth-order valence-electron chi connectivity index (χ4n) is 4.41. The maximum atomic E-state index is 14.6. The molecule has 12 heteroatoms. The highest BCUT2D eigenvalue weighted by atomic mass is 19.1. The number of aryl methyl sites for hydroxylation is 1. The molecule has 10 nitrogen and oxygen atoms in total. The second-order valence-corrected chi connectivity index (χ2v) is 8.36. The zero-order valence-electron chi connectivity index (χ0n) is 19.0. The molecule has 35 heavy (non-hydrogen) atoms. The molecule has 1 aliphatic rings. The molecule has 0 spiro atoms. The van der Waals surface area contributed by atoms with Gasteiger partial charge >= 0.3 is 0 Å². The summed E-state index contributed by atoms with van der Waals surface area (Å²) in [5.74, 6) is -0.680. The summed E-state index contributed by atoms with van der Waals surface area (Å²) >= 11 is 0. The van der Waals surface area contributed by atoms with Gasteiger partial charge < -0.3 is 15.7 Å². The Balaban J connectivity index is 1.66. The molecule has 0 bridgehead atoms. The number of nitrogens with one attached hydrogen (secondary N) is 1. The number of β-amino-alcohol motifs (C(OH)–C–C–N with tert-alkyl or cyclic N) is 1. The molecule has 0 radical (unpaired) electrons. The molecule has 1 fully saturated rings. The number of aliphatic hydroxyl groups is 1. The number of aromatic amines is 1. The summed E-state index contributed by atoms with van der Waals surface area (Å²) in [4.78, 5) is 26.6. The largest absolute Gasteiger partial charge is 0.395 e. The molecule has 0 saturated carbocycles. The fraction of sp³-hybridized carbons (Fsp3) is 0.304. The molecule has 5 rings (SSSR count). The van der Waals surface area contributed by atoms with Gasteiger partial charge in [0.1, 0.15) is 34.4 Å². The second kappa shape index (κ2) is 9.04. The number of aliphatic hydroxyl groups excluding tert-OH is 1. The number of anilines is 2. The third-order valence-corrected chi connectivity index (χ3v) is 6.15. The number of nitrogens with zero attached hydrogens (tertiary/aromatic N) is 6. The van der Waals surface area contributed by atoms with Crippen LogP contribution in [0.25, 0.3) is 27.8 Å². The Kier molecular flexibility index (Phi) is 5.91. The Labute approximate surface area is 198 Å². The fourth-order valence-corrected chi connectivity index (χ4v) is 4.41. The van der Waals surface area contributed by atoms with Gasteiger partial charge in [0, 0.05) is 50.6 Å². The predicted molar refractivity (Wildman–Crippen MR) is 128 cm³/mol. The highest BCUT2D eigenvalue weighted by Gasteiger charge is 2.23. The number of rotatable bonds is 5. The zero-order valence-corrected chi connectivity index (χ0v) is 19.0. The van der Waals surface area contributed by atoms with E-state index in [1.54, 1.807) is 13.0 Å². The minimum absolute atomic E-state index is 0.0144. The van der Waals surface area contributed by atoms with E-state index < -0.39 is 22.9 Å². The molecule has 1 saturated heterocycles. The first-order chi connectivity index (χ1) is 16.9. The van der Waals surface area contributed by atoms with Crippen molar-refractivity contribution in [2.45, 2.75) is 6.92 Å². The van der Waals surface area contributed by atoms with E-state index in [2.05, 4.69) is 30.0 Å². The van der Waals surface area contributed by atoms with Gasteiger partial charge in [0.15, 0.2) is 5.82 Å². The van der Waals surface area contributed by atoms with Gasteiger partial charge in [0.05, 0.1) is 17.8 Å². The molecule has 1 aromatic carbocycles. The van der Waals surface area contributed by atoms with Crippen molar-refractivity contribution in [3.05, 3.63) is 58.3 Å². The molecular weight excluding hydrogens is 458 g/mol. The topological polar surface area (TPSA) is 129 Å². The van der Waals surface area contributed by atoms with Crippen LogP contribution in [0.3, 0.4) is 0 Å². The lowest BCUT2D eigenvalue weighted by atomic mass is 10.1. The normalized spacial score (nSPS) is 14.7. The van der Waals surface area contributed by atoms with E-state index in [4.69, 9.17) is 5.73 Å². The summed E-state index contributed by atoms with van der Waals surface area (Å²) in [5, 5.41) is 15.9. The summed E-state index contributed by atoms with van der Waals surface area (Å²) in [6.07, 6.45) is 1.34. The van der Waals surface area contributed by atoms with Crippen LogP contribution in [-0.4, -0.2) is 74.1 Å². The Morgan fingerprint density at radius 3 is 2.54 bits per heavy atom. The number of para-hydroxylation sites is 1. The molecule has 4 heterocycles. The molecule has 0 unspecified atom stereocenters. The van der Waals surface area contributed by atoms with Gasteiger partial charge in [-0.2, -0.15) is 5.10 Å². The van der Waals surface area contributed by atoms with E-state index in [1.165, 1.54) is 12.3 Å². The van der Waals surface area contributed by atoms with E-state index >= 15 is 0 Å². The predicted octanol–water partition coefficient (Wildman–Crippen LogP) is 1.45. The average Bonchev–Trinajstić information content (AvgIpc) is 3.22. The maximum Gasteiger partial charge on any atom is 0.268 e. The standard InChI is InChI=1S/C23H24F2N8O2/c1-13-27-17(11-18(28-13)32-7-5-31(6-8-32)9-10-34)14-12-33(21-15(24)3-2-4-16(21)25)23(35)19-20(14)29-30-22(19)26/h2-4,11-12,34H,5-10H2,1H3,(H3,26,29,30). The summed E-state index contributed by atoms with van der Waals surface area (Å²) in [6, 6.07) is 5.16. The Morgan fingerprint density at radius 1 is 1.14 bits per heavy atom. The van der Waals surface area contributed by atoms with Crippen LogP contribution in [-0.2, 0) is 0 Å². The molecule has 4 aromatic rings. The first-order valence-corrected chi connectivity index (χ1v) is 11.1. The number of pyridine rings is 1. The molecule has 0 amide bonds. The molecule has 4 N–H and O–H groups in total. The summed E-state index contributed by atoms with van der Waals surface area (Å²) in [5.41, 5.74) is 5.91. The number of piperazine rings is 1. The van der Waals surface area contributed by atoms with Crippen LogP contribution in [0, 0.1) is 18.6 Å². The van der Waals surface area contributed by atoms with E-state index in [0.29, 0.717) is 48.1 Å². The summed E-state index contributed by atoms with van der Waals surface area (Å²) in [6.45, 7) is 5.45. The van der Waals surface area contributed by atoms with Gasteiger partial charge in [-0.25, -0.2) is 18.7 Å². The molecular formula is C23H24F2N8O2. The third-order valence-electron chi connectivity index (χ3n) is 6.15. The Hall–Kier alpha value is -3.90. The number of nitrogens with two attached hydrogens (primary N) is 1. The number of benzene rings is 1. The molecule has 1 aliphatic heterocycles. The summed E-state index contributed by atoms with van der Waals surface area (Å²) < 4.78 is 30.2. The highest BCUT2D eigenvalue weighted by molar-refractivity contribution is 5.98. The number of nitrogen functional groups attached to an aromatic ring is 1. The molecule has 0 aliphatic carbocycles. The lowest BCUT2D eigenvalue weighted by Gasteiger charge is -2.35. The van der Waals surface area contributed by atoms with Crippen molar-refractivity contribution < 1.29 is 13.9 Å². The van der Waals surface area contributed by atoms with Gasteiger partial charge in [-0.1, -0.05) is 6.07 Å². The van der Waals surface area contributed by atoms with Crippen LogP contribution in [0.2, 0.25) is 0 Å². The van der Waals surface area contributed by atoms with Crippen molar-refractivity contribution in [2.75, 3.05) is 50.0 Å². The van der Waals surface area contributed by atoms with Crippen molar-refractivity contribution in [3.63, 3.8) is 0 Å². The maximum absolute atomic E-state index is 14.6. The first-order valence-electron chi connectivity index (χ1n) is 11.1. The number of fused-ring (bicyclic) bond motifs is 1. The average molecular weight is 482 g/mol. The lowest BCUT2D eigenvalue weighted by Crippen LogP contribution is -2.47. The lowest BCUT2D eigenvalue weighted by molar-refractivity contribution is 0.188. The Morgan fingerprint density at radius 2 is 1.86 bits per heavy atom. The number of halogens is 2. The number of H-pyrrole nitrogens is 1. The monoisotopic (exact) mass is 482 g/mol. The van der Waals surface area contributed by atoms with Crippen molar-refractivity contribution in [1.82, 2.24) is 29.6 Å². The van der Waals surface area contributed by atoms with Gasteiger partial charge in [-0.15, -0.1) is 0 Å². The van der Waals surface area contributed by atoms with Crippen LogP contribution in [0.5, 0.6) is 0 Å². The third kappa shape index (κ3) is 4.10. The quantitative estimate of drug-likeness (QED) is 0.390. The van der Waals surface area contributed by atoms with Gasteiger partial charge in [0.2, 0.25) is 0 Å². The molecule has 0 atom stereocenters. The first kappa shape index (κ1) is 22.9. The van der Waals surface area contributed by atoms with Gasteiger partial charge in [0.25, 0.3) is 5.56 Å². The van der Waals surface area contributed by atoms with Crippen LogP contribution in [0.1, 0.15) is 5.82 Å². The minimum Gasteiger partial charge on any atom is -0.395 e. The van der Waals surface area contributed by atoms with Crippen LogP contribution in [0.15, 0.2) is 35.3 Å².